The molecule has 0 heterocycles. The molecular weight excluding hydrogens is 212 g/mol. The summed E-state index contributed by atoms with van der Waals surface area (Å²) in [6, 6.07) is 5.28. The van der Waals surface area contributed by atoms with E-state index < -0.39 is 10.0 Å². The summed E-state index contributed by atoms with van der Waals surface area (Å²) in [5, 5.41) is 3.01. The highest BCUT2D eigenvalue weighted by Crippen LogP contribution is 2.18. The minimum Gasteiger partial charge on any atom is -0.316 e. The maximum absolute atomic E-state index is 11.6. The third-order valence-corrected chi connectivity index (χ3v) is 3.88. The summed E-state index contributed by atoms with van der Waals surface area (Å²) in [7, 11) is -0.0992. The van der Waals surface area contributed by atoms with Crippen LogP contribution in [-0.2, 0) is 16.6 Å². The van der Waals surface area contributed by atoms with E-state index in [-0.39, 0.29) is 0 Å². The van der Waals surface area contributed by atoms with Crippen molar-refractivity contribution in [2.24, 2.45) is 0 Å². The summed E-state index contributed by atoms with van der Waals surface area (Å²) in [6.45, 7) is 2.48. The molecule has 0 aromatic heterocycles. The Balaban J connectivity index is 3.27. The van der Waals surface area contributed by atoms with Gasteiger partial charge in [0.1, 0.15) is 0 Å². The second kappa shape index (κ2) is 4.74. The fraction of sp³-hybridized carbons (Fsp3) is 0.400. The third kappa shape index (κ3) is 2.56. The molecule has 0 saturated carbocycles. The van der Waals surface area contributed by atoms with Crippen molar-refractivity contribution in [1.29, 1.82) is 0 Å². The SMILES string of the molecule is CNCc1cccc(S(=O)(=O)NC)c1C. The van der Waals surface area contributed by atoms with Gasteiger partial charge in [-0.2, -0.15) is 0 Å². The summed E-state index contributed by atoms with van der Waals surface area (Å²) < 4.78 is 25.6. The Hall–Kier alpha value is -0.910. The highest BCUT2D eigenvalue weighted by atomic mass is 32.2. The smallest absolute Gasteiger partial charge is 0.240 e. The van der Waals surface area contributed by atoms with E-state index in [1.54, 1.807) is 12.1 Å². The predicted octanol–water partition coefficient (Wildman–Crippen LogP) is 0.623. The van der Waals surface area contributed by atoms with Crippen molar-refractivity contribution in [3.8, 4) is 0 Å². The van der Waals surface area contributed by atoms with Crippen LogP contribution in [0.1, 0.15) is 11.1 Å². The Morgan fingerprint density at radius 1 is 1.27 bits per heavy atom. The van der Waals surface area contributed by atoms with Gasteiger partial charge in [0.2, 0.25) is 10.0 Å². The summed E-state index contributed by atoms with van der Waals surface area (Å²) in [5.41, 5.74) is 1.79. The van der Waals surface area contributed by atoms with Crippen LogP contribution in [0.3, 0.4) is 0 Å². The molecule has 0 atom stereocenters. The molecule has 1 rings (SSSR count). The lowest BCUT2D eigenvalue weighted by Crippen LogP contribution is -2.20. The fourth-order valence-electron chi connectivity index (χ4n) is 1.44. The van der Waals surface area contributed by atoms with Gasteiger partial charge in [0.15, 0.2) is 0 Å². The average Bonchev–Trinajstić information content (AvgIpc) is 2.21. The lowest BCUT2D eigenvalue weighted by atomic mass is 10.1. The van der Waals surface area contributed by atoms with Gasteiger partial charge in [-0.05, 0) is 38.2 Å². The van der Waals surface area contributed by atoms with Crippen molar-refractivity contribution >= 4 is 10.0 Å². The normalized spacial score (nSPS) is 11.7. The minimum atomic E-state index is -3.35. The second-order valence-electron chi connectivity index (χ2n) is 3.28. The maximum atomic E-state index is 11.6. The minimum absolute atomic E-state index is 0.345. The monoisotopic (exact) mass is 228 g/mol. The average molecular weight is 228 g/mol. The molecule has 0 bridgehead atoms. The van der Waals surface area contributed by atoms with E-state index in [1.165, 1.54) is 7.05 Å². The molecule has 1 aromatic rings. The van der Waals surface area contributed by atoms with Crippen LogP contribution in [0.2, 0.25) is 0 Å². The molecule has 0 unspecified atom stereocenters. The quantitative estimate of drug-likeness (QED) is 0.794. The summed E-state index contributed by atoms with van der Waals surface area (Å²) in [6.07, 6.45) is 0. The lowest BCUT2D eigenvalue weighted by molar-refractivity contribution is 0.587. The van der Waals surface area contributed by atoms with Gasteiger partial charge < -0.3 is 5.32 Å². The molecular formula is C10H16N2O2S. The Morgan fingerprint density at radius 2 is 1.93 bits per heavy atom. The fourth-order valence-corrected chi connectivity index (χ4v) is 2.45. The number of hydrogen-bond acceptors (Lipinski definition) is 3. The van der Waals surface area contributed by atoms with E-state index in [9.17, 15) is 8.42 Å². The molecule has 84 valence electrons. The van der Waals surface area contributed by atoms with E-state index in [2.05, 4.69) is 10.0 Å². The van der Waals surface area contributed by atoms with Crippen molar-refractivity contribution in [2.45, 2.75) is 18.4 Å². The molecule has 2 N–H and O–H groups in total. The number of nitrogens with one attached hydrogen (secondary N) is 2. The first-order chi connectivity index (χ1) is 7.03. The van der Waals surface area contributed by atoms with E-state index in [4.69, 9.17) is 0 Å². The highest BCUT2D eigenvalue weighted by molar-refractivity contribution is 7.89. The van der Waals surface area contributed by atoms with Crippen molar-refractivity contribution in [1.82, 2.24) is 10.0 Å². The van der Waals surface area contributed by atoms with E-state index >= 15 is 0 Å². The standard InChI is InChI=1S/C10H16N2O2S/c1-8-9(7-11-2)5-4-6-10(8)15(13,14)12-3/h4-6,11-12H,7H2,1-3H3. The molecule has 15 heavy (non-hydrogen) atoms. The zero-order valence-electron chi connectivity index (χ0n) is 9.16. The van der Waals surface area contributed by atoms with Gasteiger partial charge in [-0.25, -0.2) is 13.1 Å². The lowest BCUT2D eigenvalue weighted by Gasteiger charge is -2.10. The Morgan fingerprint density at radius 3 is 2.47 bits per heavy atom. The van der Waals surface area contributed by atoms with Crippen molar-refractivity contribution < 1.29 is 8.42 Å². The van der Waals surface area contributed by atoms with Crippen LogP contribution in [0.15, 0.2) is 23.1 Å². The molecule has 0 aliphatic carbocycles. The molecule has 1 aromatic carbocycles. The molecule has 0 aliphatic rings. The van der Waals surface area contributed by atoms with Crippen LogP contribution in [0.5, 0.6) is 0 Å². The number of hydrogen-bond donors (Lipinski definition) is 2. The van der Waals surface area contributed by atoms with Crippen LogP contribution in [0, 0.1) is 6.92 Å². The van der Waals surface area contributed by atoms with Crippen LogP contribution in [0.4, 0.5) is 0 Å². The summed E-state index contributed by atoms with van der Waals surface area (Å²) in [4.78, 5) is 0.345. The number of rotatable bonds is 4. The maximum Gasteiger partial charge on any atom is 0.240 e. The van der Waals surface area contributed by atoms with Crippen molar-refractivity contribution in [2.75, 3.05) is 14.1 Å². The number of benzene rings is 1. The Kier molecular flexibility index (Phi) is 3.84. The van der Waals surface area contributed by atoms with Gasteiger partial charge in [-0.3, -0.25) is 0 Å². The zero-order chi connectivity index (χ0) is 11.5. The van der Waals surface area contributed by atoms with E-state index in [0.29, 0.717) is 11.4 Å². The topological polar surface area (TPSA) is 58.2 Å². The van der Waals surface area contributed by atoms with Crippen LogP contribution >= 0.6 is 0 Å². The van der Waals surface area contributed by atoms with Gasteiger partial charge >= 0.3 is 0 Å². The summed E-state index contributed by atoms with van der Waals surface area (Å²) >= 11 is 0. The van der Waals surface area contributed by atoms with E-state index in [1.807, 2.05) is 20.0 Å². The predicted molar refractivity (Wildman–Crippen MR) is 60.2 cm³/mol. The Labute approximate surface area is 90.8 Å². The first kappa shape index (κ1) is 12.2. The van der Waals surface area contributed by atoms with Gasteiger partial charge in [-0.15, -0.1) is 0 Å². The largest absolute Gasteiger partial charge is 0.316 e. The summed E-state index contributed by atoms with van der Waals surface area (Å²) in [5.74, 6) is 0. The first-order valence-corrected chi connectivity index (χ1v) is 6.18. The molecule has 4 nitrogen and oxygen atoms in total. The van der Waals surface area contributed by atoms with Gasteiger partial charge in [0, 0.05) is 6.54 Å². The molecule has 5 heteroatoms. The van der Waals surface area contributed by atoms with Gasteiger partial charge in [0.05, 0.1) is 4.90 Å². The van der Waals surface area contributed by atoms with Gasteiger partial charge in [-0.1, -0.05) is 12.1 Å². The molecule has 0 aliphatic heterocycles. The molecule has 0 saturated heterocycles. The van der Waals surface area contributed by atoms with E-state index in [0.717, 1.165) is 11.1 Å². The molecule has 0 radical (unpaired) electrons. The highest BCUT2D eigenvalue weighted by Gasteiger charge is 2.15. The van der Waals surface area contributed by atoms with Gasteiger partial charge in [0.25, 0.3) is 0 Å². The van der Waals surface area contributed by atoms with Crippen LogP contribution in [0.25, 0.3) is 0 Å². The molecule has 0 fully saturated rings. The second-order valence-corrected chi connectivity index (χ2v) is 5.13. The Bertz CT molecular complexity index is 441. The van der Waals surface area contributed by atoms with Crippen LogP contribution < -0.4 is 10.0 Å². The molecule has 0 amide bonds. The zero-order valence-corrected chi connectivity index (χ0v) is 9.98. The van der Waals surface area contributed by atoms with Crippen molar-refractivity contribution in [3.05, 3.63) is 29.3 Å². The van der Waals surface area contributed by atoms with Crippen LogP contribution in [-0.4, -0.2) is 22.5 Å². The first-order valence-electron chi connectivity index (χ1n) is 4.69. The van der Waals surface area contributed by atoms with Crippen molar-refractivity contribution in [3.63, 3.8) is 0 Å². The molecule has 0 spiro atoms. The third-order valence-electron chi connectivity index (χ3n) is 2.32. The number of sulfonamides is 1.